The van der Waals surface area contributed by atoms with Crippen molar-refractivity contribution < 1.29 is 26.7 Å². The van der Waals surface area contributed by atoms with Crippen molar-refractivity contribution >= 4 is 15.7 Å². The van der Waals surface area contributed by atoms with Gasteiger partial charge in [0.1, 0.15) is 16.5 Å². The lowest BCUT2D eigenvalue weighted by atomic mass is 10.3. The molecule has 0 unspecified atom stereocenters. The van der Waals surface area contributed by atoms with Crippen LogP contribution in [0.4, 0.5) is 14.5 Å². The van der Waals surface area contributed by atoms with Crippen molar-refractivity contribution in [1.29, 1.82) is 0 Å². The highest BCUT2D eigenvalue weighted by molar-refractivity contribution is 7.92. The fourth-order valence-corrected chi connectivity index (χ4v) is 2.91. The van der Waals surface area contributed by atoms with Gasteiger partial charge in [-0.2, -0.15) is 0 Å². The number of hydrogen-bond acceptors (Lipinski definition) is 4. The van der Waals surface area contributed by atoms with Crippen molar-refractivity contribution in [2.75, 3.05) is 18.9 Å². The van der Waals surface area contributed by atoms with Crippen LogP contribution in [0.3, 0.4) is 0 Å². The Labute approximate surface area is 126 Å². The molecular weight excluding hydrogens is 316 g/mol. The number of sulfonamides is 1. The van der Waals surface area contributed by atoms with Gasteiger partial charge in [0.15, 0.2) is 11.5 Å². The first-order valence-electron chi connectivity index (χ1n) is 6.07. The topological polar surface area (TPSA) is 64.6 Å². The summed E-state index contributed by atoms with van der Waals surface area (Å²) in [7, 11) is -1.35. The summed E-state index contributed by atoms with van der Waals surface area (Å²) in [4.78, 5) is -0.649. The maximum absolute atomic E-state index is 13.6. The Balaban J connectivity index is 2.36. The van der Waals surface area contributed by atoms with Gasteiger partial charge in [-0.3, -0.25) is 4.72 Å². The molecule has 0 spiro atoms. The molecule has 118 valence electrons. The summed E-state index contributed by atoms with van der Waals surface area (Å²) in [6.45, 7) is 0. The van der Waals surface area contributed by atoms with Crippen LogP contribution in [0.25, 0.3) is 0 Å². The molecule has 0 aromatic heterocycles. The quantitative estimate of drug-likeness (QED) is 0.916. The van der Waals surface area contributed by atoms with E-state index in [0.29, 0.717) is 17.6 Å². The highest BCUT2D eigenvalue weighted by atomic mass is 32.2. The molecule has 2 rings (SSSR count). The highest BCUT2D eigenvalue weighted by Crippen LogP contribution is 2.31. The number of rotatable bonds is 5. The molecule has 22 heavy (non-hydrogen) atoms. The summed E-state index contributed by atoms with van der Waals surface area (Å²) in [5.41, 5.74) is 0.154. The number of halogens is 2. The molecule has 0 aliphatic carbocycles. The second-order valence-corrected chi connectivity index (χ2v) is 5.90. The monoisotopic (exact) mass is 329 g/mol. The molecule has 0 amide bonds. The van der Waals surface area contributed by atoms with Gasteiger partial charge in [0, 0.05) is 12.1 Å². The first kappa shape index (κ1) is 16.0. The summed E-state index contributed by atoms with van der Waals surface area (Å²) in [6, 6.07) is 6.54. The number of benzene rings is 2. The van der Waals surface area contributed by atoms with Crippen LogP contribution < -0.4 is 14.2 Å². The van der Waals surface area contributed by atoms with Gasteiger partial charge in [-0.1, -0.05) is 0 Å². The summed E-state index contributed by atoms with van der Waals surface area (Å²) >= 11 is 0. The molecule has 8 heteroatoms. The molecule has 0 aliphatic rings. The van der Waals surface area contributed by atoms with Crippen molar-refractivity contribution in [3.05, 3.63) is 48.0 Å². The molecule has 0 radical (unpaired) electrons. The van der Waals surface area contributed by atoms with E-state index in [1.807, 2.05) is 0 Å². The van der Waals surface area contributed by atoms with Crippen LogP contribution in [0.1, 0.15) is 0 Å². The lowest BCUT2D eigenvalue weighted by Crippen LogP contribution is -2.14. The first-order valence-corrected chi connectivity index (χ1v) is 7.55. The molecular formula is C14H13F2NO4S. The standard InChI is InChI=1S/C14H13F2NO4S/c1-20-12-5-4-10(8-13(12)21-2)17-22(18,19)14-6-3-9(15)7-11(14)16/h3-8,17H,1-2H3. The predicted molar refractivity (Wildman–Crippen MR) is 76.7 cm³/mol. The lowest BCUT2D eigenvalue weighted by Gasteiger charge is -2.12. The predicted octanol–water partition coefficient (Wildman–Crippen LogP) is 2.78. The fourth-order valence-electron chi connectivity index (χ4n) is 1.80. The third-order valence-corrected chi connectivity index (χ3v) is 4.23. The third-order valence-electron chi connectivity index (χ3n) is 2.82. The zero-order valence-electron chi connectivity index (χ0n) is 11.8. The first-order chi connectivity index (χ1) is 10.4. The van der Waals surface area contributed by atoms with Crippen molar-refractivity contribution in [2.45, 2.75) is 4.90 Å². The normalized spacial score (nSPS) is 11.1. The molecule has 0 atom stereocenters. The zero-order valence-corrected chi connectivity index (χ0v) is 12.6. The van der Waals surface area contributed by atoms with Crippen LogP contribution in [0.5, 0.6) is 11.5 Å². The van der Waals surface area contributed by atoms with E-state index >= 15 is 0 Å². The Kier molecular flexibility index (Phi) is 4.51. The van der Waals surface area contributed by atoms with Crippen LogP contribution in [0.2, 0.25) is 0 Å². The second kappa shape index (κ2) is 6.18. The van der Waals surface area contributed by atoms with Crippen molar-refractivity contribution in [3.8, 4) is 11.5 Å². The van der Waals surface area contributed by atoms with Gasteiger partial charge in [0.25, 0.3) is 10.0 Å². The van der Waals surface area contributed by atoms with Crippen LogP contribution >= 0.6 is 0 Å². The van der Waals surface area contributed by atoms with E-state index in [0.717, 1.165) is 12.1 Å². The number of ether oxygens (including phenoxy) is 2. The van der Waals surface area contributed by atoms with Crippen molar-refractivity contribution in [3.63, 3.8) is 0 Å². The minimum atomic E-state index is -4.19. The summed E-state index contributed by atoms with van der Waals surface area (Å²) in [6.07, 6.45) is 0. The Morgan fingerprint density at radius 3 is 2.23 bits per heavy atom. The van der Waals surface area contributed by atoms with Crippen molar-refractivity contribution in [1.82, 2.24) is 0 Å². The Bertz CT molecular complexity index is 793. The van der Waals surface area contributed by atoms with Crippen molar-refractivity contribution in [2.24, 2.45) is 0 Å². The van der Waals surface area contributed by atoms with E-state index in [1.165, 1.54) is 32.4 Å². The minimum absolute atomic E-state index is 0.154. The molecule has 0 bridgehead atoms. The highest BCUT2D eigenvalue weighted by Gasteiger charge is 2.20. The fraction of sp³-hybridized carbons (Fsp3) is 0.143. The SMILES string of the molecule is COc1ccc(NS(=O)(=O)c2ccc(F)cc2F)cc1OC. The second-order valence-electron chi connectivity index (χ2n) is 4.25. The Hall–Kier alpha value is -2.35. The Morgan fingerprint density at radius 2 is 1.64 bits per heavy atom. The molecule has 0 fully saturated rings. The van der Waals surface area contributed by atoms with Gasteiger partial charge in [0.2, 0.25) is 0 Å². The Morgan fingerprint density at radius 1 is 0.955 bits per heavy atom. The maximum atomic E-state index is 13.6. The van der Waals surface area contributed by atoms with E-state index in [-0.39, 0.29) is 5.69 Å². The molecule has 0 aliphatic heterocycles. The number of anilines is 1. The van der Waals surface area contributed by atoms with Gasteiger partial charge in [-0.15, -0.1) is 0 Å². The van der Waals surface area contributed by atoms with Crippen LogP contribution in [0.15, 0.2) is 41.3 Å². The van der Waals surface area contributed by atoms with Crippen LogP contribution in [0, 0.1) is 11.6 Å². The zero-order chi connectivity index (χ0) is 16.3. The van der Waals surface area contributed by atoms with Gasteiger partial charge in [-0.05, 0) is 24.3 Å². The number of methoxy groups -OCH3 is 2. The summed E-state index contributed by atoms with van der Waals surface area (Å²) < 4.78 is 63.0. The average molecular weight is 329 g/mol. The molecule has 2 aromatic carbocycles. The van der Waals surface area contributed by atoms with E-state index in [2.05, 4.69) is 4.72 Å². The molecule has 0 saturated carbocycles. The van der Waals surface area contributed by atoms with Gasteiger partial charge in [-0.25, -0.2) is 17.2 Å². The van der Waals surface area contributed by atoms with Gasteiger partial charge >= 0.3 is 0 Å². The number of nitrogens with one attached hydrogen (secondary N) is 1. The van der Waals surface area contributed by atoms with E-state index in [9.17, 15) is 17.2 Å². The van der Waals surface area contributed by atoms with E-state index in [4.69, 9.17) is 9.47 Å². The van der Waals surface area contributed by atoms with Gasteiger partial charge < -0.3 is 9.47 Å². The number of hydrogen-bond donors (Lipinski definition) is 1. The molecule has 2 aromatic rings. The summed E-state index contributed by atoms with van der Waals surface area (Å²) in [5.74, 6) is -1.31. The lowest BCUT2D eigenvalue weighted by molar-refractivity contribution is 0.355. The van der Waals surface area contributed by atoms with Crippen LogP contribution in [-0.2, 0) is 10.0 Å². The van der Waals surface area contributed by atoms with Crippen LogP contribution in [-0.4, -0.2) is 22.6 Å². The molecule has 0 heterocycles. The molecule has 1 N–H and O–H groups in total. The third kappa shape index (κ3) is 3.28. The average Bonchev–Trinajstić information content (AvgIpc) is 2.46. The molecule has 5 nitrogen and oxygen atoms in total. The largest absolute Gasteiger partial charge is 0.493 e. The van der Waals surface area contributed by atoms with E-state index < -0.39 is 26.6 Å². The summed E-state index contributed by atoms with van der Waals surface area (Å²) in [5, 5.41) is 0. The maximum Gasteiger partial charge on any atom is 0.264 e. The van der Waals surface area contributed by atoms with E-state index in [1.54, 1.807) is 0 Å². The smallest absolute Gasteiger partial charge is 0.264 e. The molecule has 0 saturated heterocycles. The van der Waals surface area contributed by atoms with Gasteiger partial charge in [0.05, 0.1) is 19.9 Å². The minimum Gasteiger partial charge on any atom is -0.493 e.